The number of hydrogen-bond acceptors (Lipinski definition) is 2. The van der Waals surface area contributed by atoms with Gasteiger partial charge in [0.2, 0.25) is 0 Å². The smallest absolute Gasteiger partial charge is 0.108 e. The standard InChI is InChI=1S/C14H13NO/c1-11(12-5-3-2-4-6-12)13-7-9-14(15-16)10-8-13/h2-11H,1H3. The zero-order valence-electron chi connectivity index (χ0n) is 9.13. The van der Waals surface area contributed by atoms with Crippen molar-refractivity contribution in [2.75, 3.05) is 0 Å². The van der Waals surface area contributed by atoms with Gasteiger partial charge in [0.15, 0.2) is 0 Å². The number of rotatable bonds is 3. The lowest BCUT2D eigenvalue weighted by molar-refractivity contribution is 0.922. The summed E-state index contributed by atoms with van der Waals surface area (Å²) in [5, 5.41) is 2.89. The third kappa shape index (κ3) is 2.16. The summed E-state index contributed by atoms with van der Waals surface area (Å²) in [4.78, 5) is 10.3. The highest BCUT2D eigenvalue weighted by Crippen LogP contribution is 2.25. The van der Waals surface area contributed by atoms with Crippen molar-refractivity contribution in [3.63, 3.8) is 0 Å². The summed E-state index contributed by atoms with van der Waals surface area (Å²) in [7, 11) is 0. The third-order valence-corrected chi connectivity index (χ3v) is 2.80. The summed E-state index contributed by atoms with van der Waals surface area (Å²) in [6.45, 7) is 2.15. The minimum atomic E-state index is 0.335. The first-order valence-electron chi connectivity index (χ1n) is 5.29. The molecule has 2 heteroatoms. The first kappa shape index (κ1) is 10.6. The first-order valence-corrected chi connectivity index (χ1v) is 5.29. The molecule has 2 aromatic rings. The minimum Gasteiger partial charge on any atom is -0.145 e. The molecule has 1 atom stereocenters. The summed E-state index contributed by atoms with van der Waals surface area (Å²) in [6, 6.07) is 17.7. The Morgan fingerprint density at radius 2 is 1.44 bits per heavy atom. The quantitative estimate of drug-likeness (QED) is 0.698. The molecule has 0 spiro atoms. The van der Waals surface area contributed by atoms with Crippen LogP contribution < -0.4 is 0 Å². The van der Waals surface area contributed by atoms with Gasteiger partial charge in [-0.3, -0.25) is 0 Å². The van der Waals surface area contributed by atoms with Gasteiger partial charge < -0.3 is 0 Å². The van der Waals surface area contributed by atoms with Crippen LogP contribution in [0.2, 0.25) is 0 Å². The first-order chi connectivity index (χ1) is 7.81. The van der Waals surface area contributed by atoms with Crippen LogP contribution in [0.15, 0.2) is 59.8 Å². The van der Waals surface area contributed by atoms with E-state index in [0.29, 0.717) is 11.6 Å². The fourth-order valence-corrected chi connectivity index (χ4v) is 1.76. The zero-order chi connectivity index (χ0) is 11.4. The molecule has 0 bridgehead atoms. The van der Waals surface area contributed by atoms with Gasteiger partial charge in [-0.05, 0) is 28.4 Å². The second-order valence-corrected chi connectivity index (χ2v) is 3.82. The molecule has 0 aliphatic rings. The van der Waals surface area contributed by atoms with Gasteiger partial charge in [0.25, 0.3) is 0 Å². The van der Waals surface area contributed by atoms with Crippen LogP contribution >= 0.6 is 0 Å². The molecule has 0 heterocycles. The molecular formula is C14H13NO. The van der Waals surface area contributed by atoms with E-state index in [4.69, 9.17) is 0 Å². The molecule has 2 aromatic carbocycles. The molecule has 80 valence electrons. The number of nitroso groups, excluding NO2 is 1. The fourth-order valence-electron chi connectivity index (χ4n) is 1.76. The van der Waals surface area contributed by atoms with Crippen molar-refractivity contribution >= 4 is 5.69 Å². The van der Waals surface area contributed by atoms with Crippen LogP contribution in [0.3, 0.4) is 0 Å². The SMILES string of the molecule is CC(c1ccccc1)c1ccc(N=O)cc1. The van der Waals surface area contributed by atoms with Crippen LogP contribution in [-0.4, -0.2) is 0 Å². The molecule has 0 aliphatic heterocycles. The summed E-state index contributed by atoms with van der Waals surface area (Å²) < 4.78 is 0. The lowest BCUT2D eigenvalue weighted by Gasteiger charge is -2.11. The van der Waals surface area contributed by atoms with Gasteiger partial charge in [0.1, 0.15) is 5.69 Å². The van der Waals surface area contributed by atoms with Crippen molar-refractivity contribution in [2.45, 2.75) is 12.8 Å². The second kappa shape index (κ2) is 4.71. The number of benzene rings is 2. The lowest BCUT2D eigenvalue weighted by Crippen LogP contribution is -1.94. The zero-order valence-corrected chi connectivity index (χ0v) is 9.13. The van der Waals surface area contributed by atoms with Gasteiger partial charge in [0.05, 0.1) is 0 Å². The van der Waals surface area contributed by atoms with Crippen molar-refractivity contribution in [3.05, 3.63) is 70.6 Å². The van der Waals surface area contributed by atoms with Crippen molar-refractivity contribution in [3.8, 4) is 0 Å². The molecular weight excluding hydrogens is 198 g/mol. The number of hydrogen-bond donors (Lipinski definition) is 0. The monoisotopic (exact) mass is 211 g/mol. The van der Waals surface area contributed by atoms with E-state index in [1.54, 1.807) is 12.1 Å². The predicted molar refractivity (Wildman–Crippen MR) is 65.9 cm³/mol. The Bertz CT molecular complexity index is 462. The van der Waals surface area contributed by atoms with E-state index in [2.05, 4.69) is 24.2 Å². The summed E-state index contributed by atoms with van der Waals surface area (Å²) in [5.41, 5.74) is 2.94. The van der Waals surface area contributed by atoms with E-state index in [-0.39, 0.29) is 0 Å². The largest absolute Gasteiger partial charge is 0.145 e. The lowest BCUT2D eigenvalue weighted by atomic mass is 9.93. The maximum Gasteiger partial charge on any atom is 0.108 e. The Morgan fingerprint density at radius 1 is 0.875 bits per heavy atom. The van der Waals surface area contributed by atoms with Crippen molar-refractivity contribution in [1.82, 2.24) is 0 Å². The van der Waals surface area contributed by atoms with Crippen molar-refractivity contribution < 1.29 is 0 Å². The highest BCUT2D eigenvalue weighted by molar-refractivity contribution is 5.41. The van der Waals surface area contributed by atoms with E-state index < -0.39 is 0 Å². The Labute approximate surface area is 94.9 Å². The molecule has 0 fully saturated rings. The van der Waals surface area contributed by atoms with Gasteiger partial charge >= 0.3 is 0 Å². The average Bonchev–Trinajstić information content (AvgIpc) is 2.39. The van der Waals surface area contributed by atoms with Crippen LogP contribution in [0.5, 0.6) is 0 Å². The van der Waals surface area contributed by atoms with E-state index in [1.165, 1.54) is 11.1 Å². The fraction of sp³-hybridized carbons (Fsp3) is 0.143. The molecule has 0 N–H and O–H groups in total. The molecule has 0 aliphatic carbocycles. The predicted octanol–water partition coefficient (Wildman–Crippen LogP) is 4.24. The molecule has 0 aromatic heterocycles. The molecule has 16 heavy (non-hydrogen) atoms. The normalized spacial score (nSPS) is 12.1. The Kier molecular flexibility index (Phi) is 3.10. The number of nitrogens with zero attached hydrogens (tertiary/aromatic N) is 1. The Morgan fingerprint density at radius 3 is 2.00 bits per heavy atom. The van der Waals surface area contributed by atoms with E-state index in [1.807, 2.05) is 30.3 Å². The van der Waals surface area contributed by atoms with Crippen LogP contribution in [0.4, 0.5) is 5.69 Å². The molecule has 2 rings (SSSR count). The van der Waals surface area contributed by atoms with Crippen LogP contribution in [-0.2, 0) is 0 Å². The minimum absolute atomic E-state index is 0.335. The van der Waals surface area contributed by atoms with Gasteiger partial charge in [-0.15, -0.1) is 4.91 Å². The average molecular weight is 211 g/mol. The Balaban J connectivity index is 2.27. The van der Waals surface area contributed by atoms with Crippen molar-refractivity contribution in [2.24, 2.45) is 5.18 Å². The van der Waals surface area contributed by atoms with Gasteiger partial charge in [0, 0.05) is 5.92 Å². The van der Waals surface area contributed by atoms with E-state index in [9.17, 15) is 4.91 Å². The summed E-state index contributed by atoms with van der Waals surface area (Å²) in [6.07, 6.45) is 0. The molecule has 0 saturated heterocycles. The molecule has 2 nitrogen and oxygen atoms in total. The van der Waals surface area contributed by atoms with Gasteiger partial charge in [-0.25, -0.2) is 0 Å². The van der Waals surface area contributed by atoms with Crippen LogP contribution in [0.25, 0.3) is 0 Å². The van der Waals surface area contributed by atoms with Gasteiger partial charge in [-0.2, -0.15) is 0 Å². The summed E-state index contributed by atoms with van der Waals surface area (Å²) in [5.74, 6) is 0.335. The molecule has 0 radical (unpaired) electrons. The van der Waals surface area contributed by atoms with Gasteiger partial charge in [-0.1, -0.05) is 49.4 Å². The molecule has 1 unspecified atom stereocenters. The maximum atomic E-state index is 10.3. The maximum absolute atomic E-state index is 10.3. The highest BCUT2D eigenvalue weighted by atomic mass is 16.3. The topological polar surface area (TPSA) is 29.4 Å². The highest BCUT2D eigenvalue weighted by Gasteiger charge is 2.07. The van der Waals surface area contributed by atoms with Crippen LogP contribution in [0, 0.1) is 4.91 Å². The summed E-state index contributed by atoms with van der Waals surface area (Å²) >= 11 is 0. The van der Waals surface area contributed by atoms with E-state index in [0.717, 1.165) is 0 Å². The third-order valence-electron chi connectivity index (χ3n) is 2.80. The molecule has 0 saturated carbocycles. The van der Waals surface area contributed by atoms with Crippen molar-refractivity contribution in [1.29, 1.82) is 0 Å². The Hall–Kier alpha value is -1.96. The second-order valence-electron chi connectivity index (χ2n) is 3.82. The van der Waals surface area contributed by atoms with E-state index >= 15 is 0 Å². The van der Waals surface area contributed by atoms with Crippen LogP contribution in [0.1, 0.15) is 24.0 Å². The molecule has 0 amide bonds.